The average Bonchev–Trinajstić information content (AvgIpc) is 2.51. The quantitative estimate of drug-likeness (QED) is 0.712. The van der Waals surface area contributed by atoms with Gasteiger partial charge in [-0.05, 0) is 0 Å². The van der Waals surface area contributed by atoms with Gasteiger partial charge in [-0.3, -0.25) is 4.79 Å². The maximum atomic E-state index is 11.2. The van der Waals surface area contributed by atoms with Crippen LogP contribution in [0.25, 0.3) is 0 Å². The van der Waals surface area contributed by atoms with Gasteiger partial charge < -0.3 is 14.8 Å². The number of aryl methyl sites for hydroxylation is 1. The number of nitrogens with zero attached hydrogens (tertiary/aromatic N) is 3. The van der Waals surface area contributed by atoms with Crippen LogP contribution in [0.5, 0.6) is 0 Å². The topological polar surface area (TPSA) is 50.2 Å². The monoisotopic (exact) mass is 196 g/mol. The van der Waals surface area contributed by atoms with Crippen molar-refractivity contribution in [3.8, 4) is 0 Å². The number of carbonyl (C=O) groups is 1. The van der Waals surface area contributed by atoms with Crippen LogP contribution in [0.4, 0.5) is 0 Å². The lowest BCUT2D eigenvalue weighted by Crippen LogP contribution is -2.33. The number of nitrogens with one attached hydrogen (secondary N) is 1. The molecule has 0 spiro atoms. The molecule has 1 rings (SSSR count). The second-order valence-corrected chi connectivity index (χ2v) is 3.35. The summed E-state index contributed by atoms with van der Waals surface area (Å²) < 4.78 is 1.92. The molecule has 14 heavy (non-hydrogen) atoms. The van der Waals surface area contributed by atoms with Crippen LogP contribution in [-0.2, 0) is 18.4 Å². The number of carbonyl (C=O) groups excluding carboxylic acids is 1. The van der Waals surface area contributed by atoms with E-state index in [0.29, 0.717) is 13.1 Å². The zero-order valence-corrected chi connectivity index (χ0v) is 8.82. The molecule has 0 aliphatic heterocycles. The number of imidazole rings is 1. The van der Waals surface area contributed by atoms with Crippen molar-refractivity contribution in [2.45, 2.75) is 6.54 Å². The summed E-state index contributed by atoms with van der Waals surface area (Å²) in [6.07, 6.45) is 3.62. The Hall–Kier alpha value is -1.36. The van der Waals surface area contributed by atoms with E-state index in [0.717, 1.165) is 5.82 Å². The fourth-order valence-electron chi connectivity index (χ4n) is 1.01. The number of rotatable bonds is 4. The van der Waals surface area contributed by atoms with Gasteiger partial charge in [0.2, 0.25) is 5.91 Å². The van der Waals surface area contributed by atoms with Crippen LogP contribution < -0.4 is 5.32 Å². The summed E-state index contributed by atoms with van der Waals surface area (Å²) >= 11 is 0. The van der Waals surface area contributed by atoms with Gasteiger partial charge in [-0.2, -0.15) is 0 Å². The lowest BCUT2D eigenvalue weighted by Gasteiger charge is -2.10. The van der Waals surface area contributed by atoms with Crippen LogP contribution in [0.2, 0.25) is 0 Å². The number of hydrogen-bond donors (Lipinski definition) is 1. The molecule has 1 aromatic heterocycles. The van der Waals surface area contributed by atoms with Crippen molar-refractivity contribution < 1.29 is 4.79 Å². The van der Waals surface area contributed by atoms with Gasteiger partial charge in [0, 0.05) is 33.5 Å². The highest BCUT2D eigenvalue weighted by Gasteiger charge is 2.03. The summed E-state index contributed by atoms with van der Waals surface area (Å²) in [5, 5.41) is 3.04. The van der Waals surface area contributed by atoms with E-state index >= 15 is 0 Å². The second kappa shape index (κ2) is 4.76. The van der Waals surface area contributed by atoms with Crippen molar-refractivity contribution in [1.82, 2.24) is 19.8 Å². The molecule has 1 amide bonds. The van der Waals surface area contributed by atoms with E-state index in [-0.39, 0.29) is 5.91 Å². The third kappa shape index (κ3) is 2.85. The average molecular weight is 196 g/mol. The molecule has 1 aromatic rings. The molecule has 1 heterocycles. The van der Waals surface area contributed by atoms with E-state index in [1.54, 1.807) is 25.2 Å². The Kier molecular flexibility index (Phi) is 3.64. The minimum absolute atomic E-state index is 0.0687. The highest BCUT2D eigenvalue weighted by atomic mass is 16.2. The number of aromatic nitrogens is 2. The zero-order valence-electron chi connectivity index (χ0n) is 8.82. The molecule has 0 fully saturated rings. The Labute approximate surface area is 83.7 Å². The van der Waals surface area contributed by atoms with Crippen LogP contribution in [-0.4, -0.2) is 41.0 Å². The maximum Gasteiger partial charge on any atom is 0.236 e. The standard InChI is InChI=1S/C9H16N4O/c1-12(2)9(14)7-10-6-8-11-4-5-13(8)3/h4-5,10H,6-7H2,1-3H3. The van der Waals surface area contributed by atoms with Gasteiger partial charge in [0.25, 0.3) is 0 Å². The predicted octanol–water partition coefficient (Wildman–Crippen LogP) is -0.402. The van der Waals surface area contributed by atoms with Gasteiger partial charge in [0.05, 0.1) is 13.1 Å². The van der Waals surface area contributed by atoms with E-state index in [2.05, 4.69) is 10.3 Å². The fourth-order valence-corrected chi connectivity index (χ4v) is 1.01. The molecule has 0 aliphatic carbocycles. The summed E-state index contributed by atoms with van der Waals surface area (Å²) in [5.41, 5.74) is 0. The van der Waals surface area contributed by atoms with Gasteiger partial charge >= 0.3 is 0 Å². The van der Waals surface area contributed by atoms with Crippen molar-refractivity contribution in [1.29, 1.82) is 0 Å². The Bertz CT molecular complexity index is 306. The molecule has 0 saturated heterocycles. The second-order valence-electron chi connectivity index (χ2n) is 3.35. The normalized spacial score (nSPS) is 10.2. The molecule has 1 N–H and O–H groups in total. The van der Waals surface area contributed by atoms with E-state index in [4.69, 9.17) is 0 Å². The predicted molar refractivity (Wildman–Crippen MR) is 53.6 cm³/mol. The SMILES string of the molecule is CN(C)C(=O)CNCc1nccn1C. The molecule has 0 aliphatic rings. The first-order valence-electron chi connectivity index (χ1n) is 4.48. The maximum absolute atomic E-state index is 11.2. The van der Waals surface area contributed by atoms with Crippen molar-refractivity contribution in [3.63, 3.8) is 0 Å². The van der Waals surface area contributed by atoms with Crippen molar-refractivity contribution in [2.75, 3.05) is 20.6 Å². The molecular formula is C9H16N4O. The molecule has 5 nitrogen and oxygen atoms in total. The first-order chi connectivity index (χ1) is 6.61. The molecule has 0 aromatic carbocycles. The van der Waals surface area contributed by atoms with Gasteiger partial charge in [0.15, 0.2) is 0 Å². The van der Waals surface area contributed by atoms with Crippen molar-refractivity contribution in [2.24, 2.45) is 7.05 Å². The number of hydrogen-bond acceptors (Lipinski definition) is 3. The number of amides is 1. The van der Waals surface area contributed by atoms with Crippen LogP contribution in [0.15, 0.2) is 12.4 Å². The molecule has 5 heteroatoms. The Morgan fingerprint density at radius 1 is 1.64 bits per heavy atom. The van der Waals surface area contributed by atoms with Gasteiger partial charge in [-0.15, -0.1) is 0 Å². The van der Waals surface area contributed by atoms with Crippen LogP contribution in [0, 0.1) is 0 Å². The summed E-state index contributed by atoms with van der Waals surface area (Å²) in [6.45, 7) is 0.961. The third-order valence-electron chi connectivity index (χ3n) is 1.98. The minimum Gasteiger partial charge on any atom is -0.348 e. The van der Waals surface area contributed by atoms with Crippen LogP contribution >= 0.6 is 0 Å². The first-order valence-corrected chi connectivity index (χ1v) is 4.48. The summed E-state index contributed by atoms with van der Waals surface area (Å²) in [6, 6.07) is 0. The van der Waals surface area contributed by atoms with Gasteiger partial charge in [-0.25, -0.2) is 4.98 Å². The summed E-state index contributed by atoms with van der Waals surface area (Å²) in [4.78, 5) is 16.9. The number of likely N-dealkylation sites (N-methyl/N-ethyl adjacent to an activating group) is 1. The van der Waals surface area contributed by atoms with Crippen LogP contribution in [0.1, 0.15) is 5.82 Å². The first kappa shape index (κ1) is 10.7. The van der Waals surface area contributed by atoms with Gasteiger partial charge in [-0.1, -0.05) is 0 Å². The minimum atomic E-state index is 0.0687. The Balaban J connectivity index is 2.29. The van der Waals surface area contributed by atoms with Crippen molar-refractivity contribution >= 4 is 5.91 Å². The van der Waals surface area contributed by atoms with E-state index in [1.165, 1.54) is 0 Å². The molecule has 0 unspecified atom stereocenters. The highest BCUT2D eigenvalue weighted by molar-refractivity contribution is 5.77. The largest absolute Gasteiger partial charge is 0.348 e. The smallest absolute Gasteiger partial charge is 0.236 e. The molecule has 0 saturated carbocycles. The van der Waals surface area contributed by atoms with E-state index < -0.39 is 0 Å². The Morgan fingerprint density at radius 2 is 2.36 bits per heavy atom. The van der Waals surface area contributed by atoms with E-state index in [1.807, 2.05) is 17.8 Å². The van der Waals surface area contributed by atoms with Gasteiger partial charge in [0.1, 0.15) is 5.82 Å². The molecule has 0 bridgehead atoms. The lowest BCUT2D eigenvalue weighted by atomic mass is 10.5. The third-order valence-corrected chi connectivity index (χ3v) is 1.98. The highest BCUT2D eigenvalue weighted by Crippen LogP contribution is 1.92. The zero-order chi connectivity index (χ0) is 10.6. The molecule has 78 valence electrons. The fraction of sp³-hybridized carbons (Fsp3) is 0.556. The lowest BCUT2D eigenvalue weighted by molar-refractivity contribution is -0.127. The molecule has 0 atom stereocenters. The molecule has 0 radical (unpaired) electrons. The summed E-state index contributed by atoms with van der Waals surface area (Å²) in [7, 11) is 5.41. The van der Waals surface area contributed by atoms with E-state index in [9.17, 15) is 4.79 Å². The Morgan fingerprint density at radius 3 is 2.86 bits per heavy atom. The van der Waals surface area contributed by atoms with Crippen molar-refractivity contribution in [3.05, 3.63) is 18.2 Å². The molecular weight excluding hydrogens is 180 g/mol. The summed E-state index contributed by atoms with van der Waals surface area (Å²) in [5.74, 6) is 0.996. The van der Waals surface area contributed by atoms with Crippen LogP contribution in [0.3, 0.4) is 0 Å².